The van der Waals surface area contributed by atoms with Gasteiger partial charge in [0.05, 0.1) is 43.0 Å². The summed E-state index contributed by atoms with van der Waals surface area (Å²) in [5, 5.41) is 0. The van der Waals surface area contributed by atoms with Crippen LogP contribution >= 0.6 is 0 Å². The number of hydrogen-bond donors (Lipinski definition) is 1. The van der Waals surface area contributed by atoms with Gasteiger partial charge >= 0.3 is 12.1 Å². The number of alkyl halides is 3. The van der Waals surface area contributed by atoms with E-state index in [0.29, 0.717) is 12.1 Å². The Hall–Kier alpha value is -2.95. The maximum Gasteiger partial charge on any atom is 0.416 e. The van der Waals surface area contributed by atoms with E-state index in [0.717, 1.165) is 19.2 Å². The maximum atomic E-state index is 12.7. The van der Waals surface area contributed by atoms with Crippen molar-refractivity contribution < 1.29 is 40.6 Å². The highest BCUT2D eigenvalue weighted by Gasteiger charge is 2.31. The van der Waals surface area contributed by atoms with E-state index in [1.54, 1.807) is 0 Å². The number of methoxy groups -OCH3 is 3. The third-order valence-electron chi connectivity index (χ3n) is 3.67. The summed E-state index contributed by atoms with van der Waals surface area (Å²) < 4.78 is 80.0. The molecular weight excluding hydrogens is 403 g/mol. The van der Waals surface area contributed by atoms with Crippen LogP contribution in [0.4, 0.5) is 18.9 Å². The minimum atomic E-state index is -4.60. The van der Waals surface area contributed by atoms with Gasteiger partial charge in [0, 0.05) is 12.1 Å². The summed E-state index contributed by atoms with van der Waals surface area (Å²) in [5.74, 6) is -0.577. The van der Waals surface area contributed by atoms with Crippen molar-refractivity contribution in [3.8, 4) is 11.5 Å². The van der Waals surface area contributed by atoms with Crippen molar-refractivity contribution in [3.63, 3.8) is 0 Å². The van der Waals surface area contributed by atoms with Crippen LogP contribution in [0.3, 0.4) is 0 Å². The molecule has 2 aromatic carbocycles. The van der Waals surface area contributed by atoms with Crippen LogP contribution in [0.2, 0.25) is 0 Å². The Bertz CT molecular complexity index is 972. The summed E-state index contributed by atoms with van der Waals surface area (Å²) in [7, 11) is -0.568. The summed E-state index contributed by atoms with van der Waals surface area (Å²) in [6.45, 7) is 0. The molecule has 2 rings (SSSR count). The van der Waals surface area contributed by atoms with Crippen LogP contribution in [0.25, 0.3) is 0 Å². The second-order valence-corrected chi connectivity index (χ2v) is 7.05. The van der Waals surface area contributed by atoms with Crippen molar-refractivity contribution in [2.24, 2.45) is 0 Å². The summed E-state index contributed by atoms with van der Waals surface area (Å²) in [6, 6.07) is 5.32. The molecule has 0 aliphatic carbocycles. The Kier molecular flexibility index (Phi) is 6.07. The number of halogens is 3. The van der Waals surface area contributed by atoms with Crippen LogP contribution in [-0.4, -0.2) is 35.7 Å². The highest BCUT2D eigenvalue weighted by molar-refractivity contribution is 7.92. The van der Waals surface area contributed by atoms with Crippen molar-refractivity contribution in [2.45, 2.75) is 11.1 Å². The molecule has 0 saturated heterocycles. The number of benzene rings is 2. The Morgan fingerprint density at radius 1 is 0.964 bits per heavy atom. The second-order valence-electron chi connectivity index (χ2n) is 5.37. The van der Waals surface area contributed by atoms with Gasteiger partial charge in [0.15, 0.2) is 11.5 Å². The SMILES string of the molecule is COC(=O)c1cc(OC)c(OC)cc1NS(=O)(=O)c1ccc(C(F)(F)F)cc1. The minimum Gasteiger partial charge on any atom is -0.493 e. The van der Waals surface area contributed by atoms with E-state index < -0.39 is 32.6 Å². The fourth-order valence-corrected chi connectivity index (χ4v) is 3.34. The van der Waals surface area contributed by atoms with Crippen molar-refractivity contribution in [1.29, 1.82) is 0 Å². The molecule has 0 atom stereocenters. The Balaban J connectivity index is 2.49. The predicted octanol–water partition coefficient (Wildman–Crippen LogP) is 3.31. The fourth-order valence-electron chi connectivity index (χ4n) is 2.27. The van der Waals surface area contributed by atoms with E-state index >= 15 is 0 Å². The van der Waals surface area contributed by atoms with E-state index in [9.17, 15) is 26.4 Å². The zero-order chi connectivity index (χ0) is 21.1. The molecule has 0 amide bonds. The van der Waals surface area contributed by atoms with E-state index in [2.05, 4.69) is 9.46 Å². The first kappa shape index (κ1) is 21.4. The van der Waals surface area contributed by atoms with Gasteiger partial charge in [-0.1, -0.05) is 0 Å². The second kappa shape index (κ2) is 7.97. The van der Waals surface area contributed by atoms with E-state index in [1.807, 2.05) is 0 Å². The minimum absolute atomic E-state index is 0.125. The highest BCUT2D eigenvalue weighted by Crippen LogP contribution is 2.35. The maximum absolute atomic E-state index is 12.7. The summed E-state index contributed by atoms with van der Waals surface area (Å²) >= 11 is 0. The third kappa shape index (κ3) is 4.47. The molecule has 0 fully saturated rings. The Labute approximate surface area is 159 Å². The predicted molar refractivity (Wildman–Crippen MR) is 93.1 cm³/mol. The standard InChI is InChI=1S/C17H16F3NO6S/c1-25-14-8-12(16(22)27-3)13(9-15(14)26-2)21-28(23,24)11-6-4-10(5-7-11)17(18,19)20/h4-9,21H,1-3H3. The van der Waals surface area contributed by atoms with Crippen molar-refractivity contribution in [3.05, 3.63) is 47.5 Å². The van der Waals surface area contributed by atoms with Crippen LogP contribution in [0.15, 0.2) is 41.3 Å². The van der Waals surface area contributed by atoms with E-state index in [-0.39, 0.29) is 22.7 Å². The highest BCUT2D eigenvalue weighted by atomic mass is 32.2. The molecule has 0 heterocycles. The average Bonchev–Trinajstić information content (AvgIpc) is 2.66. The molecule has 0 radical (unpaired) electrons. The van der Waals surface area contributed by atoms with Crippen LogP contribution in [0.5, 0.6) is 11.5 Å². The molecule has 0 saturated carbocycles. The molecule has 0 bridgehead atoms. The number of sulfonamides is 1. The molecule has 0 aliphatic heterocycles. The van der Waals surface area contributed by atoms with Gasteiger partial charge in [-0.2, -0.15) is 13.2 Å². The molecule has 11 heteroatoms. The molecule has 152 valence electrons. The smallest absolute Gasteiger partial charge is 0.416 e. The molecule has 0 spiro atoms. The zero-order valence-electron chi connectivity index (χ0n) is 15.0. The van der Waals surface area contributed by atoms with Crippen LogP contribution in [0, 0.1) is 0 Å². The first-order valence-corrected chi connectivity index (χ1v) is 9.06. The van der Waals surface area contributed by atoms with Crippen LogP contribution in [0.1, 0.15) is 15.9 Å². The lowest BCUT2D eigenvalue weighted by atomic mass is 10.1. The third-order valence-corrected chi connectivity index (χ3v) is 5.05. The molecule has 1 N–H and O–H groups in total. The van der Waals surface area contributed by atoms with Crippen molar-refractivity contribution >= 4 is 21.7 Å². The number of esters is 1. The zero-order valence-corrected chi connectivity index (χ0v) is 15.8. The lowest BCUT2D eigenvalue weighted by Crippen LogP contribution is -2.17. The monoisotopic (exact) mass is 419 g/mol. The fraction of sp³-hybridized carbons (Fsp3) is 0.235. The largest absolute Gasteiger partial charge is 0.493 e. The van der Waals surface area contributed by atoms with E-state index in [4.69, 9.17) is 9.47 Å². The molecule has 0 aromatic heterocycles. The number of anilines is 1. The number of rotatable bonds is 6. The molecule has 0 aliphatic rings. The topological polar surface area (TPSA) is 90.9 Å². The van der Waals surface area contributed by atoms with Gasteiger partial charge < -0.3 is 14.2 Å². The number of carbonyl (C=O) groups is 1. The quantitative estimate of drug-likeness (QED) is 0.723. The normalized spacial score (nSPS) is 11.6. The van der Waals surface area contributed by atoms with Gasteiger partial charge in [-0.3, -0.25) is 4.72 Å². The molecule has 2 aromatic rings. The number of hydrogen-bond acceptors (Lipinski definition) is 6. The molecular formula is C17H16F3NO6S. The first-order chi connectivity index (χ1) is 13.0. The lowest BCUT2D eigenvalue weighted by Gasteiger charge is -2.16. The number of carbonyl (C=O) groups excluding carboxylic acids is 1. The van der Waals surface area contributed by atoms with Gasteiger partial charge in [-0.05, 0) is 24.3 Å². The molecule has 28 heavy (non-hydrogen) atoms. The van der Waals surface area contributed by atoms with E-state index in [1.165, 1.54) is 26.4 Å². The van der Waals surface area contributed by atoms with Crippen molar-refractivity contribution in [2.75, 3.05) is 26.1 Å². The molecule has 7 nitrogen and oxygen atoms in total. The van der Waals surface area contributed by atoms with Gasteiger partial charge in [0.25, 0.3) is 10.0 Å². The van der Waals surface area contributed by atoms with Gasteiger partial charge in [-0.15, -0.1) is 0 Å². The molecule has 0 unspecified atom stereocenters. The van der Waals surface area contributed by atoms with Crippen LogP contribution in [-0.2, 0) is 20.9 Å². The number of ether oxygens (including phenoxy) is 3. The first-order valence-electron chi connectivity index (χ1n) is 7.58. The Morgan fingerprint density at radius 3 is 1.96 bits per heavy atom. The summed E-state index contributed by atoms with van der Waals surface area (Å²) in [5.41, 5.74) is -1.35. The summed E-state index contributed by atoms with van der Waals surface area (Å²) in [6.07, 6.45) is -4.60. The van der Waals surface area contributed by atoms with Gasteiger partial charge in [-0.25, -0.2) is 13.2 Å². The summed E-state index contributed by atoms with van der Waals surface area (Å²) in [4.78, 5) is 11.6. The lowest BCUT2D eigenvalue weighted by molar-refractivity contribution is -0.137. The van der Waals surface area contributed by atoms with Gasteiger partial charge in [0.2, 0.25) is 0 Å². The van der Waals surface area contributed by atoms with Crippen molar-refractivity contribution in [1.82, 2.24) is 0 Å². The average molecular weight is 419 g/mol. The van der Waals surface area contributed by atoms with Crippen LogP contribution < -0.4 is 14.2 Å². The Morgan fingerprint density at radius 2 is 1.50 bits per heavy atom. The number of nitrogens with one attached hydrogen (secondary N) is 1. The van der Waals surface area contributed by atoms with Gasteiger partial charge in [0.1, 0.15) is 0 Å².